The molecule has 2 aromatic heterocycles. The van der Waals surface area contributed by atoms with Gasteiger partial charge < -0.3 is 4.98 Å². The Labute approximate surface area is 121 Å². The maximum atomic E-state index is 11.6. The molecule has 0 unspecified atom stereocenters. The average Bonchev–Trinajstić information content (AvgIpc) is 3.04. The van der Waals surface area contributed by atoms with Crippen LogP contribution in [0.4, 0.5) is 0 Å². The van der Waals surface area contributed by atoms with Gasteiger partial charge >= 0.3 is 0 Å². The van der Waals surface area contributed by atoms with E-state index in [0.29, 0.717) is 5.69 Å². The number of hydrogen-bond acceptors (Lipinski definition) is 3. The van der Waals surface area contributed by atoms with Crippen molar-refractivity contribution < 1.29 is 9.59 Å². The molecule has 0 saturated heterocycles. The van der Waals surface area contributed by atoms with Gasteiger partial charge in [-0.2, -0.15) is 11.3 Å². The van der Waals surface area contributed by atoms with E-state index < -0.39 is 11.8 Å². The van der Waals surface area contributed by atoms with Crippen LogP contribution in [0.1, 0.15) is 16.1 Å². The van der Waals surface area contributed by atoms with Crippen molar-refractivity contribution in [3.63, 3.8) is 0 Å². The predicted molar refractivity (Wildman–Crippen MR) is 77.5 cm³/mol. The molecule has 0 fully saturated rings. The highest BCUT2D eigenvalue weighted by Gasteiger charge is 2.07. The van der Waals surface area contributed by atoms with Gasteiger partial charge in [-0.05, 0) is 50.5 Å². The number of H-pyrrole nitrogens is 1. The zero-order valence-corrected chi connectivity index (χ0v) is 12.0. The van der Waals surface area contributed by atoms with Crippen molar-refractivity contribution in [1.29, 1.82) is 0 Å². The van der Waals surface area contributed by atoms with E-state index in [1.807, 2.05) is 16.8 Å². The van der Waals surface area contributed by atoms with Gasteiger partial charge in [0, 0.05) is 16.7 Å². The standard InChI is InChI=1S/C12H10BrN3O2S/c13-9-5-10(14-6-9)12(18)16-15-11(17)2-1-8-3-4-19-7-8/h1-7,14H,(H,15,17)(H,16,18)/b2-1+. The number of aromatic amines is 1. The first-order valence-electron chi connectivity index (χ1n) is 5.29. The molecule has 0 aliphatic carbocycles. The zero-order valence-electron chi connectivity index (χ0n) is 9.64. The molecule has 0 aliphatic heterocycles. The maximum Gasteiger partial charge on any atom is 0.286 e. The Morgan fingerprint density at radius 1 is 1.37 bits per heavy atom. The second-order valence-corrected chi connectivity index (χ2v) is 5.26. The summed E-state index contributed by atoms with van der Waals surface area (Å²) in [6.45, 7) is 0. The van der Waals surface area contributed by atoms with E-state index in [-0.39, 0.29) is 0 Å². The van der Waals surface area contributed by atoms with Crippen LogP contribution in [0.3, 0.4) is 0 Å². The molecule has 0 spiro atoms. The molecule has 0 aliphatic rings. The molecule has 2 aromatic rings. The summed E-state index contributed by atoms with van der Waals surface area (Å²) in [6, 6.07) is 3.51. The van der Waals surface area contributed by atoms with Crippen LogP contribution in [0.25, 0.3) is 6.08 Å². The summed E-state index contributed by atoms with van der Waals surface area (Å²) in [4.78, 5) is 25.8. The smallest absolute Gasteiger partial charge is 0.286 e. The molecule has 98 valence electrons. The number of carbonyl (C=O) groups excluding carboxylic acids is 2. The van der Waals surface area contributed by atoms with Crippen LogP contribution in [-0.2, 0) is 4.79 Å². The molecule has 0 atom stereocenters. The van der Waals surface area contributed by atoms with Crippen LogP contribution in [-0.4, -0.2) is 16.8 Å². The molecule has 5 nitrogen and oxygen atoms in total. The van der Waals surface area contributed by atoms with E-state index in [1.54, 1.807) is 29.7 Å². The Balaban J connectivity index is 1.82. The van der Waals surface area contributed by atoms with Crippen molar-refractivity contribution in [1.82, 2.24) is 15.8 Å². The van der Waals surface area contributed by atoms with Crippen LogP contribution in [0.15, 0.2) is 39.6 Å². The number of rotatable bonds is 3. The minimum Gasteiger partial charge on any atom is -0.356 e. The van der Waals surface area contributed by atoms with E-state index >= 15 is 0 Å². The van der Waals surface area contributed by atoms with E-state index in [9.17, 15) is 9.59 Å². The molecule has 2 rings (SSSR count). The Morgan fingerprint density at radius 2 is 2.21 bits per heavy atom. The van der Waals surface area contributed by atoms with Crippen molar-refractivity contribution in [2.45, 2.75) is 0 Å². The molecule has 7 heteroatoms. The number of hydrogen-bond donors (Lipinski definition) is 3. The molecule has 2 heterocycles. The summed E-state index contributed by atoms with van der Waals surface area (Å²) in [7, 11) is 0. The first-order chi connectivity index (χ1) is 9.15. The lowest BCUT2D eigenvalue weighted by Crippen LogP contribution is -2.40. The fourth-order valence-electron chi connectivity index (χ4n) is 1.27. The number of halogens is 1. The average molecular weight is 340 g/mol. The summed E-state index contributed by atoms with van der Waals surface area (Å²) in [6.07, 6.45) is 4.66. The van der Waals surface area contributed by atoms with Crippen molar-refractivity contribution in [3.8, 4) is 0 Å². The fraction of sp³-hybridized carbons (Fsp3) is 0. The summed E-state index contributed by atoms with van der Waals surface area (Å²) in [5.74, 6) is -0.812. The van der Waals surface area contributed by atoms with E-state index in [2.05, 4.69) is 31.8 Å². The lowest BCUT2D eigenvalue weighted by Gasteiger charge is -2.02. The lowest BCUT2D eigenvalue weighted by atomic mass is 10.3. The van der Waals surface area contributed by atoms with Crippen LogP contribution < -0.4 is 10.9 Å². The normalized spacial score (nSPS) is 10.6. The molecular weight excluding hydrogens is 330 g/mol. The third kappa shape index (κ3) is 4.08. The van der Waals surface area contributed by atoms with Gasteiger partial charge in [-0.1, -0.05) is 0 Å². The van der Waals surface area contributed by atoms with Crippen LogP contribution >= 0.6 is 27.3 Å². The molecular formula is C12H10BrN3O2S. The largest absolute Gasteiger partial charge is 0.356 e. The van der Waals surface area contributed by atoms with Gasteiger partial charge in [0.15, 0.2) is 0 Å². The van der Waals surface area contributed by atoms with Gasteiger partial charge in [0.2, 0.25) is 0 Å². The molecule has 0 bridgehead atoms. The summed E-state index contributed by atoms with van der Waals surface area (Å²) >= 11 is 4.77. The quantitative estimate of drug-likeness (QED) is 0.593. The first kappa shape index (κ1) is 13.6. The number of nitrogens with one attached hydrogen (secondary N) is 3. The SMILES string of the molecule is O=C(/C=C/c1ccsc1)NNC(=O)c1cc(Br)c[nH]1. The van der Waals surface area contributed by atoms with Crippen molar-refractivity contribution in [2.24, 2.45) is 0 Å². The highest BCUT2D eigenvalue weighted by Crippen LogP contribution is 2.10. The maximum absolute atomic E-state index is 11.6. The second-order valence-electron chi connectivity index (χ2n) is 3.56. The van der Waals surface area contributed by atoms with Crippen LogP contribution in [0.5, 0.6) is 0 Å². The van der Waals surface area contributed by atoms with Gasteiger partial charge in [0.05, 0.1) is 0 Å². The highest BCUT2D eigenvalue weighted by atomic mass is 79.9. The van der Waals surface area contributed by atoms with Gasteiger partial charge in [-0.25, -0.2) is 0 Å². The molecule has 19 heavy (non-hydrogen) atoms. The zero-order chi connectivity index (χ0) is 13.7. The molecule has 0 radical (unpaired) electrons. The van der Waals surface area contributed by atoms with Crippen LogP contribution in [0, 0.1) is 0 Å². The van der Waals surface area contributed by atoms with Gasteiger partial charge in [0.1, 0.15) is 5.69 Å². The number of hydrazine groups is 1. The Bertz CT molecular complexity index is 604. The Morgan fingerprint density at radius 3 is 2.84 bits per heavy atom. The topological polar surface area (TPSA) is 74.0 Å². The monoisotopic (exact) mass is 339 g/mol. The number of amides is 2. The molecule has 0 aromatic carbocycles. The summed E-state index contributed by atoms with van der Waals surface area (Å²) in [5.41, 5.74) is 5.90. The van der Waals surface area contributed by atoms with Crippen molar-refractivity contribution >= 4 is 45.2 Å². The van der Waals surface area contributed by atoms with Gasteiger partial charge in [-0.15, -0.1) is 0 Å². The Hall–Kier alpha value is -1.86. The number of carbonyl (C=O) groups is 2. The molecule has 2 amide bonds. The van der Waals surface area contributed by atoms with Crippen molar-refractivity contribution in [2.75, 3.05) is 0 Å². The fourth-order valence-corrected chi connectivity index (χ4v) is 2.24. The molecule has 0 saturated carbocycles. The summed E-state index contributed by atoms with van der Waals surface area (Å²) in [5, 5.41) is 3.83. The van der Waals surface area contributed by atoms with Crippen molar-refractivity contribution in [3.05, 3.63) is 50.9 Å². The van der Waals surface area contributed by atoms with Crippen LogP contribution in [0.2, 0.25) is 0 Å². The van der Waals surface area contributed by atoms with E-state index in [0.717, 1.165) is 10.0 Å². The first-order valence-corrected chi connectivity index (χ1v) is 7.03. The third-order valence-corrected chi connectivity index (χ3v) is 3.32. The molecule has 3 N–H and O–H groups in total. The highest BCUT2D eigenvalue weighted by molar-refractivity contribution is 9.10. The summed E-state index contributed by atoms with van der Waals surface area (Å²) < 4.78 is 0.765. The van der Waals surface area contributed by atoms with E-state index in [4.69, 9.17) is 0 Å². The Kier molecular flexibility index (Phi) is 4.53. The minimum absolute atomic E-state index is 0.356. The third-order valence-electron chi connectivity index (χ3n) is 2.16. The van der Waals surface area contributed by atoms with E-state index in [1.165, 1.54) is 6.08 Å². The van der Waals surface area contributed by atoms with Gasteiger partial charge in [-0.3, -0.25) is 20.4 Å². The second kappa shape index (κ2) is 6.35. The minimum atomic E-state index is -0.414. The number of aromatic nitrogens is 1. The number of thiophene rings is 1. The predicted octanol–water partition coefficient (Wildman–Crippen LogP) is 2.31. The van der Waals surface area contributed by atoms with Gasteiger partial charge in [0.25, 0.3) is 11.8 Å². The lowest BCUT2D eigenvalue weighted by molar-refractivity contribution is -0.117.